The predicted molar refractivity (Wildman–Crippen MR) is 58.2 cm³/mol. The van der Waals surface area contributed by atoms with Crippen LogP contribution in [0, 0.1) is 6.92 Å². The summed E-state index contributed by atoms with van der Waals surface area (Å²) in [4.78, 5) is 0. The monoisotopic (exact) mass is 210 g/mol. The van der Waals surface area contributed by atoms with Crippen LogP contribution in [0.15, 0.2) is 0 Å². The lowest BCUT2D eigenvalue weighted by molar-refractivity contribution is -0.00864. The van der Waals surface area contributed by atoms with Crippen molar-refractivity contribution in [3.8, 4) is 0 Å². The van der Waals surface area contributed by atoms with Crippen LogP contribution in [0.5, 0.6) is 0 Å². The van der Waals surface area contributed by atoms with E-state index in [0.717, 1.165) is 17.1 Å². The van der Waals surface area contributed by atoms with Gasteiger partial charge in [-0.1, -0.05) is 0 Å². The van der Waals surface area contributed by atoms with E-state index in [1.807, 2.05) is 14.0 Å². The third kappa shape index (κ3) is 1.98. The summed E-state index contributed by atoms with van der Waals surface area (Å²) in [6.07, 6.45) is 4.10. The number of hydrazine groups is 1. The molecule has 0 spiro atoms. The van der Waals surface area contributed by atoms with Gasteiger partial charge in [0.25, 0.3) is 0 Å². The highest BCUT2D eigenvalue weighted by atomic mass is 16.5. The molecule has 3 N–H and O–H groups in total. The second-order valence-electron chi connectivity index (χ2n) is 4.04. The Kier molecular flexibility index (Phi) is 2.93. The van der Waals surface area contributed by atoms with Crippen molar-refractivity contribution >= 4 is 5.82 Å². The fourth-order valence-corrected chi connectivity index (χ4v) is 1.79. The van der Waals surface area contributed by atoms with E-state index in [0.29, 0.717) is 12.7 Å². The smallest absolute Gasteiger partial charge is 0.143 e. The third-order valence-electron chi connectivity index (χ3n) is 3.00. The summed E-state index contributed by atoms with van der Waals surface area (Å²) in [5.74, 6) is 6.29. The number of nitrogens with two attached hydrogens (primary N) is 1. The highest BCUT2D eigenvalue weighted by Gasteiger charge is 2.20. The molecule has 0 aromatic carbocycles. The fraction of sp³-hybridized carbons (Fsp3) is 0.700. The number of aryl methyl sites for hydroxylation is 2. The van der Waals surface area contributed by atoms with Gasteiger partial charge in [-0.05, 0) is 26.2 Å². The Morgan fingerprint density at radius 3 is 2.87 bits per heavy atom. The predicted octanol–water partition coefficient (Wildman–Crippen LogP) is 1.08. The molecule has 0 aliphatic heterocycles. The molecule has 5 nitrogen and oxygen atoms in total. The summed E-state index contributed by atoms with van der Waals surface area (Å²) < 4.78 is 7.50. The molecule has 1 aliphatic rings. The molecule has 2 rings (SSSR count). The van der Waals surface area contributed by atoms with Crippen molar-refractivity contribution in [1.82, 2.24) is 9.78 Å². The number of hydrogen-bond donors (Lipinski definition) is 2. The first-order valence-corrected chi connectivity index (χ1v) is 5.33. The van der Waals surface area contributed by atoms with Gasteiger partial charge in [-0.15, -0.1) is 0 Å². The molecule has 0 unspecified atom stereocenters. The molecule has 1 aromatic heterocycles. The zero-order chi connectivity index (χ0) is 10.8. The maximum atomic E-state index is 5.75. The number of anilines is 1. The van der Waals surface area contributed by atoms with Crippen molar-refractivity contribution in [2.45, 2.75) is 38.9 Å². The summed E-state index contributed by atoms with van der Waals surface area (Å²) in [5.41, 5.74) is 4.70. The van der Waals surface area contributed by atoms with Gasteiger partial charge in [-0.25, -0.2) is 5.84 Å². The van der Waals surface area contributed by atoms with E-state index in [1.165, 1.54) is 19.3 Å². The van der Waals surface area contributed by atoms with Gasteiger partial charge in [-0.3, -0.25) is 4.68 Å². The van der Waals surface area contributed by atoms with Gasteiger partial charge in [-0.2, -0.15) is 5.10 Å². The van der Waals surface area contributed by atoms with Crippen LogP contribution in [0.1, 0.15) is 30.5 Å². The number of ether oxygens (including phenoxy) is 1. The second-order valence-corrected chi connectivity index (χ2v) is 4.04. The minimum absolute atomic E-state index is 0.440. The topological polar surface area (TPSA) is 65.1 Å². The molecule has 1 aliphatic carbocycles. The van der Waals surface area contributed by atoms with Gasteiger partial charge in [0.1, 0.15) is 5.82 Å². The minimum Gasteiger partial charge on any atom is -0.373 e. The average Bonchev–Trinajstić information content (AvgIpc) is 2.39. The van der Waals surface area contributed by atoms with Crippen molar-refractivity contribution in [2.75, 3.05) is 5.43 Å². The number of nitrogens with one attached hydrogen (secondary N) is 1. The summed E-state index contributed by atoms with van der Waals surface area (Å²) in [5, 5.41) is 4.30. The summed E-state index contributed by atoms with van der Waals surface area (Å²) >= 11 is 0. The molecular formula is C10H18N4O. The quantitative estimate of drug-likeness (QED) is 0.576. The lowest BCUT2D eigenvalue weighted by Gasteiger charge is -2.25. The molecule has 0 bridgehead atoms. The SMILES string of the molecule is Cc1nn(C)c(NN)c1COC1CCC1. The van der Waals surface area contributed by atoms with Crippen molar-refractivity contribution < 1.29 is 4.74 Å². The van der Waals surface area contributed by atoms with Crippen LogP contribution in [-0.4, -0.2) is 15.9 Å². The number of hydrogen-bond acceptors (Lipinski definition) is 4. The summed E-state index contributed by atoms with van der Waals surface area (Å²) in [6, 6.07) is 0. The Balaban J connectivity index is 2.04. The lowest BCUT2D eigenvalue weighted by Crippen LogP contribution is -2.22. The molecule has 5 heteroatoms. The highest BCUT2D eigenvalue weighted by Crippen LogP contribution is 2.25. The number of nitrogen functional groups attached to an aromatic ring is 1. The number of aromatic nitrogens is 2. The van der Waals surface area contributed by atoms with E-state index in [-0.39, 0.29) is 0 Å². The average molecular weight is 210 g/mol. The van der Waals surface area contributed by atoms with Crippen LogP contribution in [0.4, 0.5) is 5.82 Å². The molecule has 0 radical (unpaired) electrons. The zero-order valence-electron chi connectivity index (χ0n) is 9.29. The van der Waals surface area contributed by atoms with Gasteiger partial charge in [0.2, 0.25) is 0 Å². The Hall–Kier alpha value is -1.07. The van der Waals surface area contributed by atoms with Crippen molar-refractivity contribution in [1.29, 1.82) is 0 Å². The second kappa shape index (κ2) is 4.20. The third-order valence-corrected chi connectivity index (χ3v) is 3.00. The maximum absolute atomic E-state index is 5.75. The summed E-state index contributed by atoms with van der Waals surface area (Å²) in [7, 11) is 1.87. The first-order valence-electron chi connectivity index (χ1n) is 5.33. The van der Waals surface area contributed by atoms with E-state index >= 15 is 0 Å². The molecule has 0 amide bonds. The Bertz CT molecular complexity index is 343. The van der Waals surface area contributed by atoms with E-state index < -0.39 is 0 Å². The van der Waals surface area contributed by atoms with Crippen LogP contribution in [-0.2, 0) is 18.4 Å². The van der Waals surface area contributed by atoms with E-state index in [9.17, 15) is 0 Å². The van der Waals surface area contributed by atoms with Crippen molar-refractivity contribution in [3.05, 3.63) is 11.3 Å². The molecule has 0 atom stereocenters. The standard InChI is InChI=1S/C10H18N4O/c1-7-9(6-15-8-4-3-5-8)10(12-11)14(2)13-7/h8,12H,3-6,11H2,1-2H3. The van der Waals surface area contributed by atoms with E-state index in [2.05, 4.69) is 10.5 Å². The van der Waals surface area contributed by atoms with Crippen LogP contribution in [0.25, 0.3) is 0 Å². The molecule has 15 heavy (non-hydrogen) atoms. The molecule has 84 valence electrons. The van der Waals surface area contributed by atoms with Gasteiger partial charge < -0.3 is 10.2 Å². The summed E-state index contributed by atoms with van der Waals surface area (Å²) in [6.45, 7) is 2.57. The van der Waals surface area contributed by atoms with Gasteiger partial charge in [0, 0.05) is 12.6 Å². The van der Waals surface area contributed by atoms with Crippen LogP contribution in [0.3, 0.4) is 0 Å². The van der Waals surface area contributed by atoms with Gasteiger partial charge in [0.05, 0.1) is 18.4 Å². The zero-order valence-corrected chi connectivity index (χ0v) is 9.29. The molecular weight excluding hydrogens is 192 g/mol. The molecule has 1 heterocycles. The molecule has 0 saturated heterocycles. The highest BCUT2D eigenvalue weighted by molar-refractivity contribution is 5.45. The normalized spacial score (nSPS) is 16.5. The van der Waals surface area contributed by atoms with Gasteiger partial charge in [0.15, 0.2) is 0 Å². The lowest BCUT2D eigenvalue weighted by atomic mass is 9.96. The maximum Gasteiger partial charge on any atom is 0.143 e. The Labute approximate surface area is 89.6 Å². The molecule has 1 aromatic rings. The molecule has 1 fully saturated rings. The van der Waals surface area contributed by atoms with Crippen molar-refractivity contribution in [3.63, 3.8) is 0 Å². The Morgan fingerprint density at radius 2 is 2.33 bits per heavy atom. The molecule has 1 saturated carbocycles. The van der Waals surface area contributed by atoms with E-state index in [4.69, 9.17) is 10.6 Å². The van der Waals surface area contributed by atoms with Crippen LogP contribution in [0.2, 0.25) is 0 Å². The van der Waals surface area contributed by atoms with Crippen LogP contribution >= 0.6 is 0 Å². The first-order chi connectivity index (χ1) is 7.22. The Morgan fingerprint density at radius 1 is 1.60 bits per heavy atom. The fourth-order valence-electron chi connectivity index (χ4n) is 1.79. The minimum atomic E-state index is 0.440. The largest absolute Gasteiger partial charge is 0.373 e. The van der Waals surface area contributed by atoms with Crippen LogP contribution < -0.4 is 11.3 Å². The van der Waals surface area contributed by atoms with Crippen molar-refractivity contribution in [2.24, 2.45) is 12.9 Å². The van der Waals surface area contributed by atoms with E-state index in [1.54, 1.807) is 4.68 Å². The number of nitrogens with zero attached hydrogens (tertiary/aromatic N) is 2. The first kappa shape index (κ1) is 10.4. The number of rotatable bonds is 4. The van der Waals surface area contributed by atoms with Gasteiger partial charge >= 0.3 is 0 Å².